The Balaban J connectivity index is 1.76. The Morgan fingerprint density at radius 3 is 2.29 bits per heavy atom. The Morgan fingerprint density at radius 1 is 0.971 bits per heavy atom. The third kappa shape index (κ3) is 6.45. The van der Waals surface area contributed by atoms with Gasteiger partial charge in [0.2, 0.25) is 5.91 Å². The highest BCUT2D eigenvalue weighted by atomic mass is 32.2. The van der Waals surface area contributed by atoms with Gasteiger partial charge in [0.25, 0.3) is 10.0 Å². The van der Waals surface area contributed by atoms with Gasteiger partial charge in [0.1, 0.15) is 16.5 Å². The molecule has 1 unspecified atom stereocenters. The van der Waals surface area contributed by atoms with Crippen LogP contribution in [0.15, 0.2) is 77.7 Å². The van der Waals surface area contributed by atoms with E-state index in [4.69, 9.17) is 0 Å². The van der Waals surface area contributed by atoms with Crippen LogP contribution in [0.3, 0.4) is 0 Å². The van der Waals surface area contributed by atoms with Crippen molar-refractivity contribution in [2.24, 2.45) is 0 Å². The molecule has 0 aliphatic rings. The van der Waals surface area contributed by atoms with Crippen LogP contribution in [0.2, 0.25) is 0 Å². The molecule has 180 valence electrons. The van der Waals surface area contributed by atoms with Crippen molar-refractivity contribution in [2.75, 3.05) is 16.6 Å². The number of carbonyl (C=O) groups excluding carboxylic acids is 1. The molecular formula is C22H18F4N2O5S. The molecule has 0 spiro atoms. The zero-order valence-electron chi connectivity index (χ0n) is 17.2. The van der Waals surface area contributed by atoms with Gasteiger partial charge in [-0.25, -0.2) is 12.8 Å². The summed E-state index contributed by atoms with van der Waals surface area (Å²) in [4.78, 5) is 11.7. The molecule has 3 N–H and O–H groups in total. The van der Waals surface area contributed by atoms with Gasteiger partial charge in [0.05, 0.1) is 18.2 Å². The van der Waals surface area contributed by atoms with Gasteiger partial charge >= 0.3 is 6.36 Å². The molecule has 12 heteroatoms. The standard InChI is InChI=1S/C22H18F4N2O5S/c23-19-12-15(27-21(30)18(13-29)14-5-2-1-3-6-14)9-10-20(19)34(31,32)28-16-7-4-8-17(11-16)33-22(24,25)26/h1-12,18,28-29H,13H2,(H,27,30). The maximum atomic E-state index is 14.6. The quantitative estimate of drug-likeness (QED) is 0.403. The van der Waals surface area contributed by atoms with Crippen molar-refractivity contribution in [3.8, 4) is 5.75 Å². The van der Waals surface area contributed by atoms with Gasteiger partial charge in [-0.05, 0) is 35.9 Å². The van der Waals surface area contributed by atoms with E-state index >= 15 is 0 Å². The van der Waals surface area contributed by atoms with Crippen LogP contribution in [0.4, 0.5) is 28.9 Å². The summed E-state index contributed by atoms with van der Waals surface area (Å²) in [6.07, 6.45) is -4.97. The highest BCUT2D eigenvalue weighted by molar-refractivity contribution is 7.92. The maximum absolute atomic E-state index is 14.6. The molecule has 3 rings (SSSR count). The fourth-order valence-corrected chi connectivity index (χ4v) is 4.13. The third-order valence-electron chi connectivity index (χ3n) is 4.51. The topological polar surface area (TPSA) is 105 Å². The molecule has 0 radical (unpaired) electrons. The smallest absolute Gasteiger partial charge is 0.406 e. The molecule has 0 aromatic heterocycles. The molecule has 1 atom stereocenters. The Bertz CT molecular complexity index is 1270. The first-order chi connectivity index (χ1) is 16.0. The summed E-state index contributed by atoms with van der Waals surface area (Å²) in [5.41, 5.74) is 0.187. The molecule has 34 heavy (non-hydrogen) atoms. The highest BCUT2D eigenvalue weighted by Crippen LogP contribution is 2.27. The highest BCUT2D eigenvalue weighted by Gasteiger charge is 2.31. The summed E-state index contributed by atoms with van der Waals surface area (Å²) in [6.45, 7) is -0.508. The van der Waals surface area contributed by atoms with E-state index in [9.17, 15) is 35.9 Å². The van der Waals surface area contributed by atoms with Crippen LogP contribution < -0.4 is 14.8 Å². The SMILES string of the molecule is O=C(Nc1ccc(S(=O)(=O)Nc2cccc(OC(F)(F)F)c2)c(F)c1)C(CO)c1ccccc1. The number of hydrogen-bond acceptors (Lipinski definition) is 5. The lowest BCUT2D eigenvalue weighted by Crippen LogP contribution is -2.24. The van der Waals surface area contributed by atoms with E-state index in [1.807, 2.05) is 4.72 Å². The molecule has 0 heterocycles. The minimum absolute atomic E-state index is 0.0589. The van der Waals surface area contributed by atoms with Crippen molar-refractivity contribution in [1.29, 1.82) is 0 Å². The van der Waals surface area contributed by atoms with Crippen molar-refractivity contribution >= 4 is 27.3 Å². The number of ether oxygens (including phenoxy) is 1. The van der Waals surface area contributed by atoms with E-state index in [0.29, 0.717) is 5.56 Å². The van der Waals surface area contributed by atoms with Gasteiger partial charge < -0.3 is 15.2 Å². The summed E-state index contributed by atoms with van der Waals surface area (Å²) in [5.74, 6) is -3.44. The van der Waals surface area contributed by atoms with Crippen LogP contribution in [-0.4, -0.2) is 32.4 Å². The summed E-state index contributed by atoms with van der Waals surface area (Å²) in [7, 11) is -4.53. The number of alkyl halides is 3. The fraction of sp³-hybridized carbons (Fsp3) is 0.136. The number of aliphatic hydroxyl groups excluding tert-OH is 1. The molecule has 3 aromatic rings. The number of nitrogens with one attached hydrogen (secondary N) is 2. The van der Waals surface area contributed by atoms with E-state index in [2.05, 4.69) is 10.1 Å². The molecule has 0 aliphatic carbocycles. The van der Waals surface area contributed by atoms with E-state index in [1.165, 1.54) is 0 Å². The van der Waals surface area contributed by atoms with Gasteiger partial charge in [0, 0.05) is 11.8 Å². The van der Waals surface area contributed by atoms with Crippen molar-refractivity contribution in [2.45, 2.75) is 17.2 Å². The minimum atomic E-state index is -4.97. The number of aliphatic hydroxyl groups is 1. The fourth-order valence-electron chi connectivity index (χ4n) is 3.02. The molecule has 7 nitrogen and oxygen atoms in total. The molecule has 0 bridgehead atoms. The Morgan fingerprint density at radius 2 is 1.68 bits per heavy atom. The van der Waals surface area contributed by atoms with E-state index < -0.39 is 51.3 Å². The average Bonchev–Trinajstić information content (AvgIpc) is 2.73. The van der Waals surface area contributed by atoms with E-state index in [-0.39, 0.29) is 11.4 Å². The van der Waals surface area contributed by atoms with Crippen LogP contribution in [0.5, 0.6) is 5.75 Å². The number of benzene rings is 3. The minimum Gasteiger partial charge on any atom is -0.406 e. The number of sulfonamides is 1. The monoisotopic (exact) mass is 498 g/mol. The average molecular weight is 498 g/mol. The number of amides is 1. The summed E-state index contributed by atoms with van der Waals surface area (Å²) >= 11 is 0. The number of anilines is 2. The van der Waals surface area contributed by atoms with Crippen LogP contribution in [-0.2, 0) is 14.8 Å². The third-order valence-corrected chi connectivity index (χ3v) is 5.92. The van der Waals surface area contributed by atoms with E-state index in [0.717, 1.165) is 42.5 Å². The number of hydrogen-bond donors (Lipinski definition) is 3. The Hall–Kier alpha value is -3.64. The molecule has 3 aromatic carbocycles. The molecule has 1 amide bonds. The summed E-state index contributed by atoms with van der Waals surface area (Å²) in [5, 5.41) is 12.0. The zero-order valence-corrected chi connectivity index (χ0v) is 18.0. The van der Waals surface area contributed by atoms with Gasteiger partial charge in [-0.2, -0.15) is 0 Å². The normalized spacial score (nSPS) is 12.6. The lowest BCUT2D eigenvalue weighted by molar-refractivity contribution is -0.274. The van der Waals surface area contributed by atoms with Gasteiger partial charge in [-0.1, -0.05) is 36.4 Å². The van der Waals surface area contributed by atoms with Crippen LogP contribution in [0.25, 0.3) is 0 Å². The summed E-state index contributed by atoms with van der Waals surface area (Å²) < 4.78 is 82.6. The zero-order chi connectivity index (χ0) is 24.9. The van der Waals surface area contributed by atoms with Gasteiger partial charge in [0.15, 0.2) is 0 Å². The van der Waals surface area contributed by atoms with Crippen LogP contribution in [0, 0.1) is 5.82 Å². The second-order valence-corrected chi connectivity index (χ2v) is 8.61. The van der Waals surface area contributed by atoms with E-state index in [1.54, 1.807) is 30.3 Å². The number of rotatable bonds is 8. The van der Waals surface area contributed by atoms with Crippen LogP contribution in [0.1, 0.15) is 11.5 Å². The maximum Gasteiger partial charge on any atom is 0.573 e. The predicted octanol–water partition coefficient (Wildman–Crippen LogP) is 4.24. The second kappa shape index (κ2) is 10.1. The molecule has 0 saturated carbocycles. The molecule has 0 aliphatic heterocycles. The van der Waals surface area contributed by atoms with Gasteiger partial charge in [-0.15, -0.1) is 13.2 Å². The molecule has 0 saturated heterocycles. The first-order valence-corrected chi connectivity index (χ1v) is 11.1. The van der Waals surface area contributed by atoms with Crippen molar-refractivity contribution in [1.82, 2.24) is 0 Å². The Labute approximate surface area is 192 Å². The number of carbonyl (C=O) groups is 1. The molecule has 0 fully saturated rings. The lowest BCUT2D eigenvalue weighted by Gasteiger charge is -2.15. The predicted molar refractivity (Wildman–Crippen MR) is 115 cm³/mol. The second-order valence-electron chi connectivity index (χ2n) is 6.96. The van der Waals surface area contributed by atoms with Crippen molar-refractivity contribution in [3.05, 3.63) is 84.2 Å². The van der Waals surface area contributed by atoms with Crippen LogP contribution >= 0.6 is 0 Å². The Kier molecular flexibility index (Phi) is 7.42. The largest absolute Gasteiger partial charge is 0.573 e. The van der Waals surface area contributed by atoms with Crippen molar-refractivity contribution in [3.63, 3.8) is 0 Å². The molecular weight excluding hydrogens is 480 g/mol. The number of halogens is 4. The lowest BCUT2D eigenvalue weighted by atomic mass is 9.99. The van der Waals surface area contributed by atoms with Crippen molar-refractivity contribution < 1.29 is 40.6 Å². The summed E-state index contributed by atoms with van der Waals surface area (Å²) in [6, 6.07) is 15.2. The van der Waals surface area contributed by atoms with Gasteiger partial charge in [-0.3, -0.25) is 9.52 Å². The first kappa shape index (κ1) is 25.0. The first-order valence-electron chi connectivity index (χ1n) is 9.63.